The molecule has 0 saturated carbocycles. The van der Waals surface area contributed by atoms with E-state index in [1.54, 1.807) is 13.3 Å². The smallest absolute Gasteiger partial charge is 0.137 e. The van der Waals surface area contributed by atoms with Crippen molar-refractivity contribution < 1.29 is 4.74 Å². The zero-order valence-corrected chi connectivity index (χ0v) is 12.0. The molecule has 1 aliphatic heterocycles. The molecule has 2 heterocycles. The van der Waals surface area contributed by atoms with Crippen LogP contribution in [0.2, 0.25) is 0 Å². The highest BCUT2D eigenvalue weighted by Crippen LogP contribution is 2.17. The molecule has 2 rings (SSSR count). The van der Waals surface area contributed by atoms with E-state index in [4.69, 9.17) is 4.74 Å². The molecule has 1 saturated heterocycles. The van der Waals surface area contributed by atoms with Gasteiger partial charge < -0.3 is 15.4 Å². The van der Waals surface area contributed by atoms with Crippen LogP contribution in [0.1, 0.15) is 11.6 Å². The number of nitrogens with one attached hydrogen (secondary N) is 2. The summed E-state index contributed by atoms with van der Waals surface area (Å²) < 4.78 is 5.13. The molecule has 1 aromatic heterocycles. The monoisotopic (exact) mass is 301 g/mol. The highest BCUT2D eigenvalue weighted by Gasteiger charge is 2.14. The number of hydrogen-bond donors (Lipinski definition) is 2. The largest absolute Gasteiger partial charge is 0.495 e. The van der Waals surface area contributed by atoms with Crippen molar-refractivity contribution >= 4 is 37.2 Å². The van der Waals surface area contributed by atoms with E-state index in [-0.39, 0.29) is 37.2 Å². The van der Waals surface area contributed by atoms with Crippen molar-refractivity contribution in [3.05, 3.63) is 24.0 Å². The van der Waals surface area contributed by atoms with Crippen LogP contribution in [0.15, 0.2) is 18.5 Å². The molecule has 0 radical (unpaired) electrons. The van der Waals surface area contributed by atoms with Crippen LogP contribution in [0.3, 0.4) is 0 Å². The minimum atomic E-state index is 0. The lowest BCUT2D eigenvalue weighted by molar-refractivity contribution is 0.404. The van der Waals surface area contributed by atoms with Crippen molar-refractivity contribution in [3.63, 3.8) is 0 Å². The molecule has 0 spiro atoms. The van der Waals surface area contributed by atoms with Crippen molar-refractivity contribution in [3.8, 4) is 5.75 Å². The summed E-state index contributed by atoms with van der Waals surface area (Å²) in [6, 6.07) is 2.38. The molecular weight excluding hydrogens is 284 g/mol. The quantitative estimate of drug-likeness (QED) is 0.871. The van der Waals surface area contributed by atoms with Crippen molar-refractivity contribution in [1.82, 2.24) is 15.6 Å². The molecule has 1 aliphatic rings. The van der Waals surface area contributed by atoms with Gasteiger partial charge in [0.2, 0.25) is 0 Å². The molecule has 0 amide bonds. The van der Waals surface area contributed by atoms with Crippen LogP contribution >= 0.6 is 37.2 Å². The molecule has 1 atom stereocenters. The fraction of sp³-hybridized carbons (Fsp3) is 0.500. The molecule has 17 heavy (non-hydrogen) atoms. The number of hydrogen-bond acceptors (Lipinski definition) is 4. The van der Waals surface area contributed by atoms with Crippen molar-refractivity contribution in [2.75, 3.05) is 26.7 Å². The summed E-state index contributed by atoms with van der Waals surface area (Å²) in [5.41, 5.74) is 1.18. The van der Waals surface area contributed by atoms with Crippen LogP contribution in [0.25, 0.3) is 0 Å². The lowest BCUT2D eigenvalue weighted by atomic mass is 10.1. The molecule has 0 aromatic carbocycles. The molecule has 1 aromatic rings. The average molecular weight is 303 g/mol. The Morgan fingerprint density at radius 3 is 2.59 bits per heavy atom. The summed E-state index contributed by atoms with van der Waals surface area (Å²) in [5.74, 6) is 0.815. The third-order valence-corrected chi connectivity index (χ3v) is 2.41. The Balaban J connectivity index is 0. The molecule has 1 unspecified atom stereocenters. The Hall–Kier alpha value is -0.260. The first-order valence-electron chi connectivity index (χ1n) is 4.83. The normalized spacial score (nSPS) is 18.1. The Kier molecular flexibility index (Phi) is 10.9. The van der Waals surface area contributed by atoms with Gasteiger partial charge in [-0.1, -0.05) is 0 Å². The number of piperazine rings is 1. The van der Waals surface area contributed by atoms with E-state index in [1.165, 1.54) is 5.56 Å². The maximum absolute atomic E-state index is 5.13. The van der Waals surface area contributed by atoms with Gasteiger partial charge in [-0.25, -0.2) is 0 Å². The highest BCUT2D eigenvalue weighted by molar-refractivity contribution is 5.86. The minimum absolute atomic E-state index is 0. The average Bonchev–Trinajstić information content (AvgIpc) is 2.30. The number of ether oxygens (including phenoxy) is 1. The first-order valence-corrected chi connectivity index (χ1v) is 4.83. The first-order chi connectivity index (χ1) is 6.90. The molecule has 100 valence electrons. The predicted octanol–water partition coefficient (Wildman–Crippen LogP) is 1.59. The molecule has 0 bridgehead atoms. The molecule has 0 aliphatic carbocycles. The summed E-state index contributed by atoms with van der Waals surface area (Å²) in [7, 11) is 1.66. The van der Waals surface area contributed by atoms with Crippen molar-refractivity contribution in [1.29, 1.82) is 0 Å². The number of nitrogens with zero attached hydrogens (tertiary/aromatic N) is 1. The van der Waals surface area contributed by atoms with Gasteiger partial charge in [-0.15, -0.1) is 37.2 Å². The van der Waals surface area contributed by atoms with Crippen LogP contribution in [0.5, 0.6) is 5.75 Å². The van der Waals surface area contributed by atoms with Gasteiger partial charge in [-0.3, -0.25) is 4.98 Å². The van der Waals surface area contributed by atoms with E-state index in [0.717, 1.165) is 25.4 Å². The SMILES string of the molecule is COc1cncc(C2CNCCN2)c1.Cl.Cl.Cl. The van der Waals surface area contributed by atoms with Gasteiger partial charge in [-0.2, -0.15) is 0 Å². The molecule has 1 fully saturated rings. The Morgan fingerprint density at radius 2 is 2.00 bits per heavy atom. The van der Waals surface area contributed by atoms with E-state index in [2.05, 4.69) is 15.6 Å². The van der Waals surface area contributed by atoms with E-state index >= 15 is 0 Å². The maximum atomic E-state index is 5.13. The zero-order valence-electron chi connectivity index (χ0n) is 9.51. The van der Waals surface area contributed by atoms with Crippen LogP contribution in [-0.4, -0.2) is 31.7 Å². The van der Waals surface area contributed by atoms with Gasteiger partial charge in [0.25, 0.3) is 0 Å². The number of halogens is 3. The van der Waals surface area contributed by atoms with E-state index < -0.39 is 0 Å². The summed E-state index contributed by atoms with van der Waals surface area (Å²) in [5, 5.41) is 6.77. The Morgan fingerprint density at radius 1 is 1.24 bits per heavy atom. The van der Waals surface area contributed by atoms with Gasteiger partial charge in [0.1, 0.15) is 5.75 Å². The summed E-state index contributed by atoms with van der Waals surface area (Å²) in [6.07, 6.45) is 3.60. The fourth-order valence-corrected chi connectivity index (χ4v) is 1.63. The van der Waals surface area contributed by atoms with Gasteiger partial charge >= 0.3 is 0 Å². The first kappa shape index (κ1) is 19.1. The number of pyridine rings is 1. The summed E-state index contributed by atoms with van der Waals surface area (Å²) in [6.45, 7) is 2.99. The zero-order chi connectivity index (χ0) is 9.80. The van der Waals surface area contributed by atoms with Gasteiger partial charge in [0.15, 0.2) is 0 Å². The molecule has 2 N–H and O–H groups in total. The molecular formula is C10H18Cl3N3O. The van der Waals surface area contributed by atoms with Gasteiger partial charge in [-0.05, 0) is 11.6 Å². The van der Waals surface area contributed by atoms with Crippen LogP contribution in [0.4, 0.5) is 0 Å². The van der Waals surface area contributed by atoms with Crippen LogP contribution in [-0.2, 0) is 0 Å². The number of aromatic nitrogens is 1. The maximum Gasteiger partial charge on any atom is 0.137 e. The standard InChI is InChI=1S/C10H15N3O.3ClH/c1-14-9-4-8(5-12-6-9)10-7-11-2-3-13-10;;;/h4-6,10-11,13H,2-3,7H2,1H3;3*1H. The van der Waals surface area contributed by atoms with Gasteiger partial charge in [0.05, 0.1) is 13.3 Å². The second kappa shape index (κ2) is 9.74. The Labute approximate surface area is 120 Å². The number of rotatable bonds is 2. The second-order valence-corrected chi connectivity index (χ2v) is 3.37. The topological polar surface area (TPSA) is 46.2 Å². The lowest BCUT2D eigenvalue weighted by Gasteiger charge is -2.24. The van der Waals surface area contributed by atoms with E-state index in [1.807, 2.05) is 12.3 Å². The van der Waals surface area contributed by atoms with Crippen LogP contribution in [0, 0.1) is 0 Å². The van der Waals surface area contributed by atoms with Gasteiger partial charge in [0, 0.05) is 31.9 Å². The van der Waals surface area contributed by atoms with E-state index in [9.17, 15) is 0 Å². The predicted molar refractivity (Wildman–Crippen MR) is 76.1 cm³/mol. The third-order valence-electron chi connectivity index (χ3n) is 2.41. The Bertz CT molecular complexity index is 309. The molecule has 4 nitrogen and oxygen atoms in total. The third kappa shape index (κ3) is 5.27. The minimum Gasteiger partial charge on any atom is -0.495 e. The van der Waals surface area contributed by atoms with Crippen molar-refractivity contribution in [2.45, 2.75) is 6.04 Å². The number of methoxy groups -OCH3 is 1. The van der Waals surface area contributed by atoms with Crippen LogP contribution < -0.4 is 15.4 Å². The van der Waals surface area contributed by atoms with Crippen molar-refractivity contribution in [2.24, 2.45) is 0 Å². The fourth-order valence-electron chi connectivity index (χ4n) is 1.63. The summed E-state index contributed by atoms with van der Waals surface area (Å²) in [4.78, 5) is 4.14. The molecule has 7 heteroatoms. The highest BCUT2D eigenvalue weighted by atomic mass is 35.5. The lowest BCUT2D eigenvalue weighted by Crippen LogP contribution is -2.42. The summed E-state index contributed by atoms with van der Waals surface area (Å²) >= 11 is 0. The second-order valence-electron chi connectivity index (χ2n) is 3.37. The van der Waals surface area contributed by atoms with E-state index in [0.29, 0.717) is 6.04 Å².